The highest BCUT2D eigenvalue weighted by molar-refractivity contribution is 5.76. The molecule has 5 fully saturated rings. The molecule has 43 heavy (non-hydrogen) atoms. The molecular formula is C38H48O5. The Balaban J connectivity index is 1.11. The fourth-order valence-electron chi connectivity index (χ4n) is 12.3. The molecule has 1 aromatic carbocycles. The second-order valence-electron chi connectivity index (χ2n) is 16.1. The molecule has 0 spiro atoms. The second-order valence-corrected chi connectivity index (χ2v) is 16.1. The highest BCUT2D eigenvalue weighted by Crippen LogP contribution is 2.89. The van der Waals surface area contributed by atoms with Gasteiger partial charge in [-0.1, -0.05) is 74.9 Å². The average Bonchev–Trinajstić information content (AvgIpc) is 3.39. The SMILES string of the molecule is C/C(=C\[C@H]1C[C@@H]([C@@H]2CC[C@]34CC23C=C[C@@H]2[C@@]3(C)CC=C5C[C@@H](c6ccccc6)OC[C@]5(C)[C@@H]3C[C@@H](O)[C@]24C)C(=O)O1)CO. The van der Waals surface area contributed by atoms with Crippen molar-refractivity contribution in [1.29, 1.82) is 0 Å². The summed E-state index contributed by atoms with van der Waals surface area (Å²) in [4.78, 5) is 13.2. The number of rotatable bonds is 4. The normalized spacial score (nSPS) is 51.4. The molecule has 2 N–H and O–H groups in total. The molecule has 0 aromatic heterocycles. The lowest BCUT2D eigenvalue weighted by atomic mass is 9.38. The minimum Gasteiger partial charge on any atom is -0.458 e. The van der Waals surface area contributed by atoms with Gasteiger partial charge in [-0.2, -0.15) is 0 Å². The number of cyclic esters (lactones) is 1. The molecule has 1 aromatic rings. The third-order valence-electron chi connectivity index (χ3n) is 14.5. The van der Waals surface area contributed by atoms with E-state index in [1.165, 1.54) is 11.1 Å². The van der Waals surface area contributed by atoms with Crippen molar-refractivity contribution >= 4 is 5.97 Å². The lowest BCUT2D eigenvalue weighted by molar-refractivity contribution is -0.199. The average molecular weight is 585 g/mol. The summed E-state index contributed by atoms with van der Waals surface area (Å²) in [6.45, 7) is 9.90. The lowest BCUT2D eigenvalue weighted by Gasteiger charge is -2.67. The molecule has 230 valence electrons. The summed E-state index contributed by atoms with van der Waals surface area (Å²) in [5, 5.41) is 21.8. The molecule has 5 heteroatoms. The van der Waals surface area contributed by atoms with Gasteiger partial charge in [-0.3, -0.25) is 4.79 Å². The maximum atomic E-state index is 13.2. The van der Waals surface area contributed by atoms with Crippen LogP contribution in [-0.4, -0.2) is 41.6 Å². The molecule has 8 rings (SSSR count). The van der Waals surface area contributed by atoms with Gasteiger partial charge in [0.15, 0.2) is 0 Å². The van der Waals surface area contributed by atoms with E-state index in [-0.39, 0.29) is 75.7 Å². The van der Waals surface area contributed by atoms with Gasteiger partial charge in [0.2, 0.25) is 0 Å². The summed E-state index contributed by atoms with van der Waals surface area (Å²) < 4.78 is 12.5. The summed E-state index contributed by atoms with van der Waals surface area (Å²) in [5.74, 6) is 0.706. The first-order chi connectivity index (χ1) is 20.5. The Labute approximate surface area is 256 Å². The molecule has 0 amide bonds. The van der Waals surface area contributed by atoms with E-state index in [1.54, 1.807) is 0 Å². The van der Waals surface area contributed by atoms with Crippen molar-refractivity contribution in [2.75, 3.05) is 13.2 Å². The summed E-state index contributed by atoms with van der Waals surface area (Å²) in [6.07, 6.45) is 15.6. The predicted molar refractivity (Wildman–Crippen MR) is 165 cm³/mol. The van der Waals surface area contributed by atoms with Gasteiger partial charge in [-0.25, -0.2) is 0 Å². The van der Waals surface area contributed by atoms with E-state index >= 15 is 0 Å². The van der Waals surface area contributed by atoms with Crippen LogP contribution in [0.5, 0.6) is 0 Å². The van der Waals surface area contributed by atoms with Crippen molar-refractivity contribution in [3.63, 3.8) is 0 Å². The predicted octanol–water partition coefficient (Wildman–Crippen LogP) is 6.72. The van der Waals surface area contributed by atoms with Gasteiger partial charge in [-0.05, 0) is 96.7 Å². The minimum absolute atomic E-state index is 0.00914. The summed E-state index contributed by atoms with van der Waals surface area (Å²) in [6, 6.07) is 10.6. The molecule has 0 bridgehead atoms. The van der Waals surface area contributed by atoms with Gasteiger partial charge in [0, 0.05) is 17.3 Å². The van der Waals surface area contributed by atoms with Gasteiger partial charge >= 0.3 is 5.97 Å². The smallest absolute Gasteiger partial charge is 0.309 e. The number of hydrogen-bond donors (Lipinski definition) is 2. The van der Waals surface area contributed by atoms with Crippen molar-refractivity contribution in [3.8, 4) is 0 Å². The van der Waals surface area contributed by atoms with E-state index < -0.39 is 0 Å². The first-order valence-electron chi connectivity index (χ1n) is 16.7. The Bertz CT molecular complexity index is 1430. The summed E-state index contributed by atoms with van der Waals surface area (Å²) in [5.41, 5.74) is 3.38. The Kier molecular flexibility index (Phi) is 6.03. The van der Waals surface area contributed by atoms with Crippen molar-refractivity contribution in [1.82, 2.24) is 0 Å². The van der Waals surface area contributed by atoms with E-state index in [1.807, 2.05) is 13.0 Å². The molecule has 3 saturated carbocycles. The lowest BCUT2D eigenvalue weighted by Crippen LogP contribution is -2.64. The molecule has 0 radical (unpaired) electrons. The Hall–Kier alpha value is -2.21. The molecule has 5 aliphatic carbocycles. The van der Waals surface area contributed by atoms with Crippen LogP contribution in [0.4, 0.5) is 0 Å². The standard InChI is InChI=1S/C38H48O5/c1-23(20-39)16-26-18-27(33(41)43-26)28-11-15-38-21-37(28,38)14-12-30-34(2)13-10-25-17-29(24-8-6-5-7-9-24)42-22-35(25,3)31(34)19-32(40)36(30,38)4/h5-10,12,14,16,26-32,39-40H,11,13,15,17-22H2,1-4H3/b23-16+/t26-,27-,28-,29-,30+,31+,32+,34+,35-,36-,37?,38+/m0/s1. The van der Waals surface area contributed by atoms with E-state index in [0.717, 1.165) is 44.1 Å². The zero-order valence-corrected chi connectivity index (χ0v) is 26.2. The zero-order valence-electron chi connectivity index (χ0n) is 26.2. The molecular weight excluding hydrogens is 536 g/mol. The van der Waals surface area contributed by atoms with Crippen LogP contribution in [-0.2, 0) is 14.3 Å². The number of allylic oxidation sites excluding steroid dienone is 3. The minimum atomic E-state index is -0.386. The van der Waals surface area contributed by atoms with Gasteiger partial charge in [0.25, 0.3) is 0 Å². The van der Waals surface area contributed by atoms with E-state index in [2.05, 4.69) is 69.3 Å². The van der Waals surface area contributed by atoms with Gasteiger partial charge < -0.3 is 19.7 Å². The quantitative estimate of drug-likeness (QED) is 0.304. The Morgan fingerprint density at radius 2 is 1.93 bits per heavy atom. The Morgan fingerprint density at radius 3 is 2.70 bits per heavy atom. The first kappa shape index (κ1) is 28.3. The topological polar surface area (TPSA) is 76.0 Å². The van der Waals surface area contributed by atoms with Crippen molar-refractivity contribution in [3.05, 3.63) is 71.3 Å². The van der Waals surface area contributed by atoms with Crippen molar-refractivity contribution in [2.24, 2.45) is 50.7 Å². The van der Waals surface area contributed by atoms with E-state index in [9.17, 15) is 15.0 Å². The maximum Gasteiger partial charge on any atom is 0.309 e. The molecule has 7 aliphatic rings. The number of aliphatic hydroxyl groups excluding tert-OH is 2. The fraction of sp³-hybridized carbons (Fsp3) is 0.658. The van der Waals surface area contributed by atoms with Crippen molar-refractivity contribution in [2.45, 2.75) is 91.0 Å². The van der Waals surface area contributed by atoms with Crippen LogP contribution in [0.25, 0.3) is 0 Å². The van der Waals surface area contributed by atoms with Crippen LogP contribution in [0.1, 0.15) is 84.3 Å². The number of carbonyl (C=O) groups is 1. The number of esters is 1. The van der Waals surface area contributed by atoms with Crippen LogP contribution in [0.2, 0.25) is 0 Å². The molecule has 2 aliphatic heterocycles. The largest absolute Gasteiger partial charge is 0.458 e. The monoisotopic (exact) mass is 584 g/mol. The molecule has 1 unspecified atom stereocenters. The van der Waals surface area contributed by atoms with Gasteiger partial charge in [-0.15, -0.1) is 0 Å². The number of hydrogen-bond acceptors (Lipinski definition) is 5. The van der Waals surface area contributed by atoms with Crippen LogP contribution < -0.4 is 0 Å². The van der Waals surface area contributed by atoms with Crippen LogP contribution in [0, 0.1) is 50.7 Å². The summed E-state index contributed by atoms with van der Waals surface area (Å²) >= 11 is 0. The van der Waals surface area contributed by atoms with Crippen LogP contribution >= 0.6 is 0 Å². The van der Waals surface area contributed by atoms with Gasteiger partial charge in [0.1, 0.15) is 6.10 Å². The highest BCUT2D eigenvalue weighted by atomic mass is 16.5. The maximum absolute atomic E-state index is 13.2. The van der Waals surface area contributed by atoms with E-state index in [4.69, 9.17) is 9.47 Å². The molecule has 5 nitrogen and oxygen atoms in total. The first-order valence-corrected chi connectivity index (χ1v) is 16.7. The van der Waals surface area contributed by atoms with Gasteiger partial charge in [0.05, 0.1) is 31.3 Å². The number of aliphatic hydroxyl groups is 2. The molecule has 2 heterocycles. The van der Waals surface area contributed by atoms with Crippen LogP contribution in [0.3, 0.4) is 0 Å². The number of ether oxygens (including phenoxy) is 2. The fourth-order valence-corrected chi connectivity index (χ4v) is 12.3. The second kappa shape index (κ2) is 9.17. The molecule has 12 atom stereocenters. The zero-order chi connectivity index (χ0) is 30.0. The van der Waals surface area contributed by atoms with Crippen LogP contribution in [0.15, 0.2) is 65.8 Å². The summed E-state index contributed by atoms with van der Waals surface area (Å²) in [7, 11) is 0. The Morgan fingerprint density at radius 1 is 1.14 bits per heavy atom. The number of benzene rings is 1. The number of carbonyl (C=O) groups excluding carboxylic acids is 1. The number of fused-ring (bicyclic) bond motifs is 5. The van der Waals surface area contributed by atoms with Crippen molar-refractivity contribution < 1.29 is 24.5 Å². The van der Waals surface area contributed by atoms with E-state index in [0.29, 0.717) is 18.9 Å². The molecule has 2 saturated heterocycles. The third-order valence-corrected chi connectivity index (χ3v) is 14.5. The third kappa shape index (κ3) is 3.48. The highest BCUT2D eigenvalue weighted by Gasteiger charge is 2.84.